The van der Waals surface area contributed by atoms with Crippen LogP contribution >= 0.6 is 0 Å². The molecule has 4 aromatic heterocycles. The number of rotatable bonds is 6. The smallest absolute Gasteiger partial charge is 0.297 e. The van der Waals surface area contributed by atoms with E-state index in [0.717, 1.165) is 12.1 Å². The number of nitrogens with two attached hydrogens (primary N) is 1. The minimum Gasteiger partial charge on any atom is -0.383 e. The fourth-order valence-corrected chi connectivity index (χ4v) is 3.92. The fraction of sp³-hybridized carbons (Fsp3) is 0.182. The molecule has 0 saturated carbocycles. The molecule has 0 aliphatic rings. The summed E-state index contributed by atoms with van der Waals surface area (Å²) in [6.07, 6.45) is 4.91. The molecule has 13 heteroatoms. The van der Waals surface area contributed by atoms with Crippen molar-refractivity contribution in [2.45, 2.75) is 25.8 Å². The molecule has 0 radical (unpaired) electrons. The van der Waals surface area contributed by atoms with E-state index < -0.39 is 29.9 Å². The van der Waals surface area contributed by atoms with Crippen LogP contribution in [-0.2, 0) is 0 Å². The minimum absolute atomic E-state index is 0.0425. The number of hydrogen-bond acceptors (Lipinski definition) is 7. The predicted octanol–water partition coefficient (Wildman–Crippen LogP) is 4.27. The molecule has 1 atom stereocenters. The molecule has 0 aliphatic carbocycles. The van der Waals surface area contributed by atoms with E-state index in [2.05, 4.69) is 30.2 Å². The number of fused-ring (bicyclic) bond motifs is 1. The first-order valence-corrected chi connectivity index (χ1v) is 10.5. The molecule has 0 bridgehead atoms. The molecule has 0 aliphatic heterocycles. The third-order valence-electron chi connectivity index (χ3n) is 5.55. The van der Waals surface area contributed by atoms with Gasteiger partial charge in [-0.2, -0.15) is 0 Å². The third-order valence-corrected chi connectivity index (χ3v) is 5.55. The van der Waals surface area contributed by atoms with Crippen molar-refractivity contribution in [1.82, 2.24) is 39.5 Å². The summed E-state index contributed by atoms with van der Waals surface area (Å²) in [5.74, 6) is -1.88. The summed E-state index contributed by atoms with van der Waals surface area (Å²) >= 11 is 0. The van der Waals surface area contributed by atoms with Gasteiger partial charge in [0.15, 0.2) is 11.6 Å². The average Bonchev–Trinajstić information content (AvgIpc) is 3.47. The number of halogens is 4. The summed E-state index contributed by atoms with van der Waals surface area (Å²) in [6, 6.07) is 2.76. The summed E-state index contributed by atoms with van der Waals surface area (Å²) in [4.78, 5) is 15.9. The normalized spacial score (nSPS) is 12.5. The molecule has 0 spiro atoms. The average molecular weight is 483 g/mol. The molecule has 35 heavy (non-hydrogen) atoms. The maximum Gasteiger partial charge on any atom is 0.297 e. The third kappa shape index (κ3) is 3.94. The summed E-state index contributed by atoms with van der Waals surface area (Å²) < 4.78 is 56.4. The lowest BCUT2D eigenvalue weighted by Crippen LogP contribution is -2.10. The van der Waals surface area contributed by atoms with E-state index in [0.29, 0.717) is 34.3 Å². The lowest BCUT2D eigenvalue weighted by molar-refractivity contribution is 0.140. The van der Waals surface area contributed by atoms with E-state index in [4.69, 9.17) is 5.73 Å². The molecule has 0 fully saturated rings. The topological polar surface area (TPSA) is 113 Å². The summed E-state index contributed by atoms with van der Waals surface area (Å²) in [5.41, 5.74) is 8.15. The van der Waals surface area contributed by atoms with Crippen LogP contribution in [0.2, 0.25) is 0 Å². The molecule has 1 aromatic carbocycles. The van der Waals surface area contributed by atoms with Gasteiger partial charge in [0, 0.05) is 35.8 Å². The number of anilines is 1. The summed E-state index contributed by atoms with van der Waals surface area (Å²) in [5, 5.41) is 8.69. The quantitative estimate of drug-likeness (QED) is 0.359. The molecule has 2 N–H and O–H groups in total. The first-order valence-electron chi connectivity index (χ1n) is 10.5. The second kappa shape index (κ2) is 8.74. The number of nitrogens with zero attached hydrogens (tertiary/aromatic N) is 8. The Labute approximate surface area is 195 Å². The number of benzene rings is 1. The maximum absolute atomic E-state index is 14.2. The molecular formula is C22H17F4N9. The Morgan fingerprint density at radius 2 is 1.80 bits per heavy atom. The molecule has 0 saturated heterocycles. The van der Waals surface area contributed by atoms with Gasteiger partial charge in [-0.3, -0.25) is 0 Å². The van der Waals surface area contributed by atoms with Gasteiger partial charge in [-0.05, 0) is 18.6 Å². The number of aromatic nitrogens is 8. The lowest BCUT2D eigenvalue weighted by Gasteiger charge is -2.15. The monoisotopic (exact) mass is 483 g/mol. The first-order chi connectivity index (χ1) is 16.9. The van der Waals surface area contributed by atoms with Gasteiger partial charge in [0.2, 0.25) is 0 Å². The highest BCUT2D eigenvalue weighted by atomic mass is 19.3. The predicted molar refractivity (Wildman–Crippen MR) is 118 cm³/mol. The van der Waals surface area contributed by atoms with Crippen LogP contribution in [0.5, 0.6) is 0 Å². The first kappa shape index (κ1) is 22.4. The molecule has 5 aromatic rings. The second-order valence-electron chi connectivity index (χ2n) is 7.65. The highest BCUT2D eigenvalue weighted by molar-refractivity contribution is 6.00. The van der Waals surface area contributed by atoms with Crippen molar-refractivity contribution in [2.75, 3.05) is 5.73 Å². The van der Waals surface area contributed by atoms with Crippen LogP contribution in [0, 0.1) is 11.6 Å². The number of hydrogen-bond donors (Lipinski definition) is 1. The van der Waals surface area contributed by atoms with Crippen LogP contribution in [0.3, 0.4) is 0 Å². The zero-order valence-corrected chi connectivity index (χ0v) is 18.1. The van der Waals surface area contributed by atoms with Crippen molar-refractivity contribution in [3.05, 3.63) is 72.5 Å². The Morgan fingerprint density at radius 3 is 2.49 bits per heavy atom. The highest BCUT2D eigenvalue weighted by Gasteiger charge is 2.24. The van der Waals surface area contributed by atoms with Crippen LogP contribution in [-0.4, -0.2) is 39.5 Å². The van der Waals surface area contributed by atoms with Crippen LogP contribution in [0.1, 0.15) is 37.3 Å². The Kier molecular flexibility index (Phi) is 5.59. The molecule has 5 rings (SSSR count). The van der Waals surface area contributed by atoms with Crippen LogP contribution < -0.4 is 5.73 Å². The van der Waals surface area contributed by atoms with Gasteiger partial charge in [-0.25, -0.2) is 42.2 Å². The number of alkyl halides is 2. The van der Waals surface area contributed by atoms with E-state index in [1.165, 1.54) is 29.5 Å². The van der Waals surface area contributed by atoms with Gasteiger partial charge in [0.05, 0.1) is 17.6 Å². The highest BCUT2D eigenvalue weighted by Crippen LogP contribution is 2.36. The van der Waals surface area contributed by atoms with Gasteiger partial charge >= 0.3 is 0 Å². The van der Waals surface area contributed by atoms with E-state index in [1.807, 2.05) is 6.92 Å². The summed E-state index contributed by atoms with van der Waals surface area (Å²) in [7, 11) is 0. The number of nitrogen functional groups attached to an aromatic ring is 1. The fourth-order valence-electron chi connectivity index (χ4n) is 3.92. The Hall–Kier alpha value is -4.42. The standard InChI is InChI=1S/C22H17F4N9/c1-2-16(15-9-35(33-32-15)17-4-3-12(23)5-14(17)24)34-8-13(18-20(27)30-10-31-22(18)34)11-6-28-21(19(25)26)29-7-11/h3-10,16,19H,2H2,1H3,(H2,27,30,31). The maximum atomic E-state index is 14.2. The molecular weight excluding hydrogens is 466 g/mol. The lowest BCUT2D eigenvalue weighted by atomic mass is 10.1. The van der Waals surface area contributed by atoms with Crippen molar-refractivity contribution in [2.24, 2.45) is 0 Å². The summed E-state index contributed by atoms with van der Waals surface area (Å²) in [6.45, 7) is 1.92. The van der Waals surface area contributed by atoms with Crippen molar-refractivity contribution < 1.29 is 17.6 Å². The van der Waals surface area contributed by atoms with Gasteiger partial charge < -0.3 is 10.3 Å². The molecule has 4 heterocycles. The molecule has 1 unspecified atom stereocenters. The van der Waals surface area contributed by atoms with Gasteiger partial charge in [0.1, 0.15) is 35.0 Å². The van der Waals surface area contributed by atoms with E-state index in [1.54, 1.807) is 17.0 Å². The van der Waals surface area contributed by atoms with Crippen molar-refractivity contribution in [3.63, 3.8) is 0 Å². The minimum atomic E-state index is -2.79. The molecule has 178 valence electrons. The van der Waals surface area contributed by atoms with Crippen LogP contribution in [0.4, 0.5) is 23.4 Å². The van der Waals surface area contributed by atoms with Gasteiger partial charge in [-0.1, -0.05) is 12.1 Å². The van der Waals surface area contributed by atoms with Crippen molar-refractivity contribution in [1.29, 1.82) is 0 Å². The van der Waals surface area contributed by atoms with Crippen LogP contribution in [0.15, 0.2) is 49.3 Å². The van der Waals surface area contributed by atoms with Gasteiger partial charge in [-0.15, -0.1) is 5.10 Å². The van der Waals surface area contributed by atoms with Gasteiger partial charge in [0.25, 0.3) is 6.43 Å². The van der Waals surface area contributed by atoms with E-state index in [9.17, 15) is 17.6 Å². The largest absolute Gasteiger partial charge is 0.383 e. The SMILES string of the molecule is CCC(c1cn(-c2ccc(F)cc2F)nn1)n1cc(-c2cnc(C(F)F)nc2)c2c(N)ncnc21. The van der Waals surface area contributed by atoms with E-state index in [-0.39, 0.29) is 11.5 Å². The Bertz CT molecular complexity index is 1510. The second-order valence-corrected chi connectivity index (χ2v) is 7.65. The van der Waals surface area contributed by atoms with Crippen molar-refractivity contribution in [3.8, 4) is 16.8 Å². The van der Waals surface area contributed by atoms with E-state index >= 15 is 0 Å². The van der Waals surface area contributed by atoms with Crippen LogP contribution in [0.25, 0.3) is 27.8 Å². The zero-order valence-electron chi connectivity index (χ0n) is 18.1. The Balaban J connectivity index is 1.61. The Morgan fingerprint density at radius 1 is 1.03 bits per heavy atom. The zero-order chi connectivity index (χ0) is 24.7. The molecule has 9 nitrogen and oxygen atoms in total. The molecule has 0 amide bonds. The van der Waals surface area contributed by atoms with Crippen molar-refractivity contribution >= 4 is 16.9 Å².